The van der Waals surface area contributed by atoms with Gasteiger partial charge < -0.3 is 9.84 Å². The predicted molar refractivity (Wildman–Crippen MR) is 136 cm³/mol. The van der Waals surface area contributed by atoms with Crippen molar-refractivity contribution < 1.29 is 13.3 Å². The van der Waals surface area contributed by atoms with Gasteiger partial charge in [-0.2, -0.15) is 4.98 Å². The van der Waals surface area contributed by atoms with Crippen molar-refractivity contribution in [3.8, 4) is 11.4 Å². The standard InChI is InChI=1S/C27H22F2N4OS/c1-15-5-4-6-19(13-15)25-31-26(34-32-25)23-17(3)33(21-11-12-22(29)16(2)14-21)27(35)30-24(23)18-7-9-20(28)10-8-18/h4-14,24H,1-3H3,(H,30,35). The molecule has 176 valence electrons. The van der Waals surface area contributed by atoms with Crippen molar-refractivity contribution in [2.75, 3.05) is 4.90 Å². The Morgan fingerprint density at radius 3 is 2.46 bits per heavy atom. The van der Waals surface area contributed by atoms with E-state index in [2.05, 4.69) is 10.5 Å². The van der Waals surface area contributed by atoms with E-state index in [1.165, 1.54) is 18.2 Å². The fraction of sp³-hybridized carbons (Fsp3) is 0.148. The van der Waals surface area contributed by atoms with E-state index in [0.717, 1.165) is 22.4 Å². The molecule has 0 saturated carbocycles. The SMILES string of the molecule is CC1=C(c2nc(-c3cccc(C)c3)no2)C(c2ccc(F)cc2)NC(=S)N1c1ccc(F)c(C)c1. The van der Waals surface area contributed by atoms with Crippen LogP contribution in [0.5, 0.6) is 0 Å². The summed E-state index contributed by atoms with van der Waals surface area (Å²) in [6, 6.07) is 18.4. The van der Waals surface area contributed by atoms with Gasteiger partial charge in [0, 0.05) is 16.9 Å². The van der Waals surface area contributed by atoms with Crippen LogP contribution >= 0.6 is 12.2 Å². The fourth-order valence-electron chi connectivity index (χ4n) is 4.24. The van der Waals surface area contributed by atoms with Gasteiger partial charge in [-0.15, -0.1) is 0 Å². The molecule has 4 aromatic rings. The topological polar surface area (TPSA) is 54.2 Å². The lowest BCUT2D eigenvalue weighted by Gasteiger charge is -2.37. The molecule has 0 fully saturated rings. The second-order valence-corrected chi connectivity index (χ2v) is 8.88. The van der Waals surface area contributed by atoms with Gasteiger partial charge >= 0.3 is 0 Å². The van der Waals surface area contributed by atoms with Gasteiger partial charge in [0.25, 0.3) is 5.89 Å². The monoisotopic (exact) mass is 488 g/mol. The molecule has 35 heavy (non-hydrogen) atoms. The zero-order valence-electron chi connectivity index (χ0n) is 19.3. The Bertz CT molecular complexity index is 1460. The van der Waals surface area contributed by atoms with Crippen LogP contribution in [0.25, 0.3) is 17.0 Å². The highest BCUT2D eigenvalue weighted by molar-refractivity contribution is 7.80. The Labute approximate surface area is 207 Å². The molecule has 0 saturated heterocycles. The number of anilines is 1. The second kappa shape index (κ2) is 9.03. The number of aromatic nitrogens is 2. The molecule has 1 aliphatic heterocycles. The highest BCUT2D eigenvalue weighted by atomic mass is 32.1. The highest BCUT2D eigenvalue weighted by Gasteiger charge is 2.35. The predicted octanol–water partition coefficient (Wildman–Crippen LogP) is 6.50. The quantitative estimate of drug-likeness (QED) is 0.331. The Balaban J connectivity index is 1.66. The Morgan fingerprint density at radius 2 is 1.74 bits per heavy atom. The number of benzene rings is 3. The van der Waals surface area contributed by atoms with E-state index in [1.54, 1.807) is 31.2 Å². The number of nitrogens with zero attached hydrogens (tertiary/aromatic N) is 3. The first-order valence-electron chi connectivity index (χ1n) is 11.1. The number of hydrogen-bond donors (Lipinski definition) is 1. The minimum atomic E-state index is -0.452. The summed E-state index contributed by atoms with van der Waals surface area (Å²) in [5.74, 6) is 0.138. The highest BCUT2D eigenvalue weighted by Crippen LogP contribution is 2.39. The smallest absolute Gasteiger partial charge is 0.258 e. The minimum Gasteiger partial charge on any atom is -0.351 e. The molecular formula is C27H22F2N4OS. The number of allylic oxidation sites excluding steroid dienone is 1. The number of aryl methyl sites for hydroxylation is 2. The number of nitrogens with one attached hydrogen (secondary N) is 1. The van der Waals surface area contributed by atoms with Crippen LogP contribution < -0.4 is 10.2 Å². The molecule has 1 atom stereocenters. The molecule has 0 aliphatic carbocycles. The summed E-state index contributed by atoms with van der Waals surface area (Å²) >= 11 is 5.71. The van der Waals surface area contributed by atoms with Crippen molar-refractivity contribution in [1.29, 1.82) is 0 Å². The summed E-state index contributed by atoms with van der Waals surface area (Å²) in [6.45, 7) is 5.59. The first-order valence-corrected chi connectivity index (χ1v) is 11.5. The van der Waals surface area contributed by atoms with Crippen LogP contribution in [0.4, 0.5) is 14.5 Å². The number of halogens is 2. The summed E-state index contributed by atoms with van der Waals surface area (Å²) < 4.78 is 33.4. The van der Waals surface area contributed by atoms with Crippen LogP contribution in [0.1, 0.15) is 35.5 Å². The summed E-state index contributed by atoms with van der Waals surface area (Å²) in [7, 11) is 0. The lowest BCUT2D eigenvalue weighted by atomic mass is 9.94. The Hall–Kier alpha value is -3.91. The molecule has 8 heteroatoms. The summed E-state index contributed by atoms with van der Waals surface area (Å²) in [5, 5.41) is 7.96. The Kier molecular flexibility index (Phi) is 5.90. The van der Waals surface area contributed by atoms with Crippen LogP contribution in [0, 0.1) is 25.5 Å². The van der Waals surface area contributed by atoms with Gasteiger partial charge in [-0.25, -0.2) is 8.78 Å². The lowest BCUT2D eigenvalue weighted by Crippen LogP contribution is -2.46. The Morgan fingerprint density at radius 1 is 0.971 bits per heavy atom. The summed E-state index contributed by atoms with van der Waals surface area (Å²) in [6.07, 6.45) is 0. The molecule has 0 radical (unpaired) electrons. The first-order chi connectivity index (χ1) is 16.8. The van der Waals surface area contributed by atoms with E-state index in [0.29, 0.717) is 33.7 Å². The molecule has 0 spiro atoms. The van der Waals surface area contributed by atoms with Crippen molar-refractivity contribution in [3.05, 3.63) is 107 Å². The second-order valence-electron chi connectivity index (χ2n) is 8.49. The van der Waals surface area contributed by atoms with E-state index in [-0.39, 0.29) is 11.6 Å². The van der Waals surface area contributed by atoms with Gasteiger partial charge in [0.1, 0.15) is 11.6 Å². The third kappa shape index (κ3) is 4.33. The molecule has 5 rings (SSSR count). The third-order valence-corrected chi connectivity index (χ3v) is 6.32. The number of hydrogen-bond acceptors (Lipinski definition) is 4. The molecule has 0 amide bonds. The zero-order valence-corrected chi connectivity index (χ0v) is 20.2. The van der Waals surface area contributed by atoms with E-state index < -0.39 is 6.04 Å². The number of rotatable bonds is 4. The van der Waals surface area contributed by atoms with Crippen molar-refractivity contribution >= 4 is 28.6 Å². The van der Waals surface area contributed by atoms with E-state index >= 15 is 0 Å². The first kappa shape index (κ1) is 22.9. The molecule has 1 unspecified atom stereocenters. The molecule has 1 aliphatic rings. The van der Waals surface area contributed by atoms with Crippen molar-refractivity contribution in [2.24, 2.45) is 0 Å². The van der Waals surface area contributed by atoms with Gasteiger partial charge in [0.05, 0.1) is 11.6 Å². The van der Waals surface area contributed by atoms with Gasteiger partial charge in [-0.3, -0.25) is 4.90 Å². The van der Waals surface area contributed by atoms with E-state index in [4.69, 9.17) is 21.7 Å². The van der Waals surface area contributed by atoms with Crippen molar-refractivity contribution in [3.63, 3.8) is 0 Å². The van der Waals surface area contributed by atoms with Crippen molar-refractivity contribution in [2.45, 2.75) is 26.8 Å². The summed E-state index contributed by atoms with van der Waals surface area (Å²) in [5.41, 5.74) is 5.34. The van der Waals surface area contributed by atoms with E-state index in [1.807, 2.05) is 43.0 Å². The maximum Gasteiger partial charge on any atom is 0.258 e. The maximum atomic E-state index is 14.0. The van der Waals surface area contributed by atoms with Crippen LogP contribution in [0.2, 0.25) is 0 Å². The fourth-order valence-corrected chi connectivity index (χ4v) is 4.60. The third-order valence-electron chi connectivity index (χ3n) is 6.02. The molecule has 0 bridgehead atoms. The van der Waals surface area contributed by atoms with Gasteiger partial charge in [-0.05, 0) is 80.5 Å². The molecule has 3 aromatic carbocycles. The molecule has 1 aromatic heterocycles. The zero-order chi connectivity index (χ0) is 24.7. The largest absolute Gasteiger partial charge is 0.351 e. The van der Waals surface area contributed by atoms with Crippen LogP contribution in [0.3, 0.4) is 0 Å². The molecular weight excluding hydrogens is 466 g/mol. The van der Waals surface area contributed by atoms with Crippen LogP contribution in [0.15, 0.2) is 77.0 Å². The van der Waals surface area contributed by atoms with Crippen LogP contribution in [-0.4, -0.2) is 15.3 Å². The van der Waals surface area contributed by atoms with Crippen LogP contribution in [-0.2, 0) is 0 Å². The van der Waals surface area contributed by atoms with Gasteiger partial charge in [-0.1, -0.05) is 41.1 Å². The minimum absolute atomic E-state index is 0.296. The van der Waals surface area contributed by atoms with Gasteiger partial charge in [0.15, 0.2) is 5.11 Å². The average molecular weight is 489 g/mol. The van der Waals surface area contributed by atoms with Crippen molar-refractivity contribution in [1.82, 2.24) is 15.5 Å². The molecule has 2 heterocycles. The van der Waals surface area contributed by atoms with E-state index in [9.17, 15) is 8.78 Å². The molecule has 1 N–H and O–H groups in total. The lowest BCUT2D eigenvalue weighted by molar-refractivity contribution is 0.404. The average Bonchev–Trinajstić information content (AvgIpc) is 3.31. The molecule has 5 nitrogen and oxygen atoms in total. The number of thiocarbonyl (C=S) groups is 1. The normalized spacial score (nSPS) is 16.0. The maximum absolute atomic E-state index is 14.0. The van der Waals surface area contributed by atoms with Gasteiger partial charge in [0.2, 0.25) is 5.82 Å². The summed E-state index contributed by atoms with van der Waals surface area (Å²) in [4.78, 5) is 6.51.